The van der Waals surface area contributed by atoms with Crippen LogP contribution in [-0.2, 0) is 11.2 Å². The molecule has 106 valence electrons. The number of ether oxygens (including phenoxy) is 1. The van der Waals surface area contributed by atoms with Gasteiger partial charge in [-0.25, -0.2) is 4.98 Å². The van der Waals surface area contributed by atoms with Gasteiger partial charge in [-0.15, -0.1) is 0 Å². The van der Waals surface area contributed by atoms with Crippen molar-refractivity contribution in [3.63, 3.8) is 0 Å². The maximum Gasteiger partial charge on any atom is 0.257 e. The van der Waals surface area contributed by atoms with E-state index < -0.39 is 0 Å². The SMILES string of the molecule is O=C(COc1cccc(Br)c1)NCCCc1ncn[nH]1. The predicted octanol–water partition coefficient (Wildman–Crippen LogP) is 1.69. The minimum atomic E-state index is -0.137. The fourth-order valence-corrected chi connectivity index (χ4v) is 1.97. The van der Waals surface area contributed by atoms with Gasteiger partial charge in [0.15, 0.2) is 6.61 Å². The Morgan fingerprint density at radius 2 is 2.35 bits per heavy atom. The zero-order valence-corrected chi connectivity index (χ0v) is 12.4. The van der Waals surface area contributed by atoms with E-state index in [0.29, 0.717) is 12.3 Å². The van der Waals surface area contributed by atoms with E-state index in [0.717, 1.165) is 23.1 Å². The normalized spacial score (nSPS) is 10.2. The fourth-order valence-electron chi connectivity index (χ4n) is 1.59. The number of amides is 1. The number of aromatic amines is 1. The first-order valence-electron chi connectivity index (χ1n) is 6.23. The van der Waals surface area contributed by atoms with Crippen molar-refractivity contribution >= 4 is 21.8 Å². The molecule has 6 nitrogen and oxygen atoms in total. The van der Waals surface area contributed by atoms with Gasteiger partial charge < -0.3 is 10.1 Å². The van der Waals surface area contributed by atoms with Crippen molar-refractivity contribution in [2.75, 3.05) is 13.2 Å². The summed E-state index contributed by atoms with van der Waals surface area (Å²) in [6, 6.07) is 7.38. The molecular formula is C13H15BrN4O2. The third-order valence-corrected chi connectivity index (χ3v) is 3.04. The lowest BCUT2D eigenvalue weighted by molar-refractivity contribution is -0.123. The van der Waals surface area contributed by atoms with Gasteiger partial charge in [-0.2, -0.15) is 5.10 Å². The van der Waals surface area contributed by atoms with Gasteiger partial charge in [0, 0.05) is 17.4 Å². The van der Waals surface area contributed by atoms with E-state index in [1.807, 2.05) is 24.3 Å². The summed E-state index contributed by atoms with van der Waals surface area (Å²) in [5, 5.41) is 9.33. The molecule has 2 N–H and O–H groups in total. The Balaban J connectivity index is 1.61. The summed E-state index contributed by atoms with van der Waals surface area (Å²) >= 11 is 3.34. The van der Waals surface area contributed by atoms with Crippen molar-refractivity contribution in [3.8, 4) is 5.75 Å². The van der Waals surface area contributed by atoms with Crippen molar-refractivity contribution in [1.29, 1.82) is 0 Å². The van der Waals surface area contributed by atoms with Crippen molar-refractivity contribution in [3.05, 3.63) is 40.9 Å². The molecule has 0 unspecified atom stereocenters. The molecule has 0 spiro atoms. The number of carbonyl (C=O) groups excluding carboxylic acids is 1. The lowest BCUT2D eigenvalue weighted by Crippen LogP contribution is -2.29. The third-order valence-electron chi connectivity index (χ3n) is 2.54. The highest BCUT2D eigenvalue weighted by molar-refractivity contribution is 9.10. The van der Waals surface area contributed by atoms with Crippen LogP contribution >= 0.6 is 15.9 Å². The molecule has 7 heteroatoms. The maximum atomic E-state index is 11.6. The molecule has 2 rings (SSSR count). The van der Waals surface area contributed by atoms with Crippen molar-refractivity contribution in [2.24, 2.45) is 0 Å². The van der Waals surface area contributed by atoms with Crippen LogP contribution in [0.3, 0.4) is 0 Å². The number of aryl methyl sites for hydroxylation is 1. The number of benzene rings is 1. The number of nitrogens with one attached hydrogen (secondary N) is 2. The summed E-state index contributed by atoms with van der Waals surface area (Å²) in [5.41, 5.74) is 0. The summed E-state index contributed by atoms with van der Waals surface area (Å²) in [7, 11) is 0. The topological polar surface area (TPSA) is 79.9 Å². The second-order valence-electron chi connectivity index (χ2n) is 4.13. The first-order chi connectivity index (χ1) is 9.74. The highest BCUT2D eigenvalue weighted by atomic mass is 79.9. The standard InChI is InChI=1S/C13H15BrN4O2/c14-10-3-1-4-11(7-10)20-8-13(19)15-6-2-5-12-16-9-17-18-12/h1,3-4,7,9H,2,5-6,8H2,(H,15,19)(H,16,17,18). The number of carbonyl (C=O) groups is 1. The molecule has 0 aliphatic carbocycles. The molecule has 0 bridgehead atoms. The van der Waals surface area contributed by atoms with E-state index in [4.69, 9.17) is 4.74 Å². The number of halogens is 1. The highest BCUT2D eigenvalue weighted by Crippen LogP contribution is 2.17. The summed E-state index contributed by atoms with van der Waals surface area (Å²) in [4.78, 5) is 15.6. The molecule has 0 aliphatic rings. The number of rotatable bonds is 7. The molecule has 0 fully saturated rings. The fraction of sp³-hybridized carbons (Fsp3) is 0.308. The Bertz CT molecular complexity index is 545. The van der Waals surface area contributed by atoms with Crippen molar-refractivity contribution in [2.45, 2.75) is 12.8 Å². The molecule has 1 amide bonds. The van der Waals surface area contributed by atoms with Crippen LogP contribution in [0, 0.1) is 0 Å². The van der Waals surface area contributed by atoms with E-state index in [-0.39, 0.29) is 12.5 Å². The first-order valence-corrected chi connectivity index (χ1v) is 7.02. The lowest BCUT2D eigenvalue weighted by atomic mass is 10.3. The lowest BCUT2D eigenvalue weighted by Gasteiger charge is -2.07. The van der Waals surface area contributed by atoms with Crippen LogP contribution in [-0.4, -0.2) is 34.2 Å². The van der Waals surface area contributed by atoms with Gasteiger partial charge in [0.05, 0.1) is 0 Å². The van der Waals surface area contributed by atoms with Crippen LogP contribution in [0.4, 0.5) is 0 Å². The molecule has 0 saturated carbocycles. The number of nitrogens with zero attached hydrogens (tertiary/aromatic N) is 2. The maximum absolute atomic E-state index is 11.6. The molecule has 0 atom stereocenters. The van der Waals surface area contributed by atoms with Gasteiger partial charge in [0.2, 0.25) is 0 Å². The number of H-pyrrole nitrogens is 1. The average Bonchev–Trinajstić information content (AvgIpc) is 2.95. The van der Waals surface area contributed by atoms with Gasteiger partial charge in [-0.3, -0.25) is 9.89 Å². The second-order valence-corrected chi connectivity index (χ2v) is 5.05. The molecule has 0 aliphatic heterocycles. The molecule has 1 heterocycles. The van der Waals surface area contributed by atoms with Gasteiger partial charge in [-0.05, 0) is 24.6 Å². The van der Waals surface area contributed by atoms with Crippen LogP contribution in [0.2, 0.25) is 0 Å². The monoisotopic (exact) mass is 338 g/mol. The number of hydrogen-bond acceptors (Lipinski definition) is 4. The van der Waals surface area contributed by atoms with Crippen LogP contribution in [0.25, 0.3) is 0 Å². The van der Waals surface area contributed by atoms with E-state index in [1.54, 1.807) is 0 Å². The Morgan fingerprint density at radius 3 is 3.10 bits per heavy atom. The molecule has 1 aromatic carbocycles. The Labute approximate surface area is 125 Å². The zero-order valence-electron chi connectivity index (χ0n) is 10.8. The largest absolute Gasteiger partial charge is 0.484 e. The Kier molecular flexibility index (Phi) is 5.55. The highest BCUT2D eigenvalue weighted by Gasteiger charge is 2.03. The van der Waals surface area contributed by atoms with Crippen LogP contribution in [0.5, 0.6) is 5.75 Å². The van der Waals surface area contributed by atoms with Crippen LogP contribution in [0.15, 0.2) is 35.1 Å². The quantitative estimate of drug-likeness (QED) is 0.753. The number of aromatic nitrogens is 3. The van der Waals surface area contributed by atoms with Gasteiger partial charge >= 0.3 is 0 Å². The molecule has 0 radical (unpaired) electrons. The van der Waals surface area contributed by atoms with E-state index in [9.17, 15) is 4.79 Å². The molecule has 1 aromatic heterocycles. The van der Waals surface area contributed by atoms with Crippen molar-refractivity contribution in [1.82, 2.24) is 20.5 Å². The third kappa shape index (κ3) is 5.00. The van der Waals surface area contributed by atoms with Gasteiger partial charge in [0.25, 0.3) is 5.91 Å². The molecule has 0 saturated heterocycles. The summed E-state index contributed by atoms with van der Waals surface area (Å²) in [5.74, 6) is 1.35. The Morgan fingerprint density at radius 1 is 1.45 bits per heavy atom. The second kappa shape index (κ2) is 7.64. The van der Waals surface area contributed by atoms with Crippen LogP contribution in [0.1, 0.15) is 12.2 Å². The predicted molar refractivity (Wildman–Crippen MR) is 77.4 cm³/mol. The zero-order chi connectivity index (χ0) is 14.2. The number of hydrogen-bond donors (Lipinski definition) is 2. The van der Waals surface area contributed by atoms with Crippen LogP contribution < -0.4 is 10.1 Å². The Hall–Kier alpha value is -1.89. The van der Waals surface area contributed by atoms with E-state index in [2.05, 4.69) is 36.4 Å². The summed E-state index contributed by atoms with van der Waals surface area (Å²) < 4.78 is 6.30. The molecule has 2 aromatic rings. The van der Waals surface area contributed by atoms with Crippen molar-refractivity contribution < 1.29 is 9.53 Å². The first kappa shape index (κ1) is 14.5. The van der Waals surface area contributed by atoms with E-state index in [1.165, 1.54) is 6.33 Å². The smallest absolute Gasteiger partial charge is 0.257 e. The van der Waals surface area contributed by atoms with Gasteiger partial charge in [0.1, 0.15) is 17.9 Å². The molecule has 20 heavy (non-hydrogen) atoms. The van der Waals surface area contributed by atoms with E-state index >= 15 is 0 Å². The van der Waals surface area contributed by atoms with Gasteiger partial charge in [-0.1, -0.05) is 22.0 Å². The minimum absolute atomic E-state index is 0.0127. The average molecular weight is 339 g/mol. The minimum Gasteiger partial charge on any atom is -0.484 e. The molecular weight excluding hydrogens is 324 g/mol. The summed E-state index contributed by atoms with van der Waals surface area (Å²) in [6.07, 6.45) is 3.03. The summed E-state index contributed by atoms with van der Waals surface area (Å²) in [6.45, 7) is 0.597.